The number of amides is 1. The zero-order chi connectivity index (χ0) is 14.4. The number of hydrogen-bond donors (Lipinski definition) is 1. The molecule has 0 heterocycles. The van der Waals surface area contributed by atoms with Gasteiger partial charge in [0.25, 0.3) is 0 Å². The maximum atomic E-state index is 12.6. The highest BCUT2D eigenvalue weighted by Crippen LogP contribution is 2.26. The van der Waals surface area contributed by atoms with E-state index in [-0.39, 0.29) is 12.0 Å². The molecule has 3 nitrogen and oxygen atoms in total. The molecule has 1 rings (SSSR count). The topological polar surface area (TPSA) is 46.3 Å². The summed E-state index contributed by atoms with van der Waals surface area (Å²) in [6.07, 6.45) is 5.09. The van der Waals surface area contributed by atoms with Crippen molar-refractivity contribution in [3.05, 3.63) is 0 Å². The maximum Gasteiger partial charge on any atom is 0.225 e. The van der Waals surface area contributed by atoms with Crippen LogP contribution >= 0.6 is 0 Å². The molecule has 1 aliphatic carbocycles. The molecule has 1 aliphatic rings. The summed E-state index contributed by atoms with van der Waals surface area (Å²) in [5.74, 6) is 1.85. The van der Waals surface area contributed by atoms with Crippen molar-refractivity contribution in [2.75, 3.05) is 13.1 Å². The molecule has 0 aromatic heterocycles. The van der Waals surface area contributed by atoms with Crippen molar-refractivity contribution in [3.8, 4) is 0 Å². The smallest absolute Gasteiger partial charge is 0.225 e. The predicted octanol–water partition coefficient (Wildman–Crippen LogP) is 3.03. The third kappa shape index (κ3) is 5.94. The average molecular weight is 268 g/mol. The molecule has 0 bridgehead atoms. The molecule has 112 valence electrons. The number of carbonyl (C=O) groups is 1. The molecule has 0 aromatic carbocycles. The summed E-state index contributed by atoms with van der Waals surface area (Å²) in [5.41, 5.74) is 5.94. The number of rotatable bonds is 7. The van der Waals surface area contributed by atoms with E-state index in [2.05, 4.69) is 32.6 Å². The van der Waals surface area contributed by atoms with E-state index in [1.807, 2.05) is 0 Å². The lowest BCUT2D eigenvalue weighted by molar-refractivity contribution is -0.135. The van der Waals surface area contributed by atoms with Crippen LogP contribution in [0.15, 0.2) is 0 Å². The van der Waals surface area contributed by atoms with Crippen molar-refractivity contribution < 1.29 is 4.79 Å². The van der Waals surface area contributed by atoms with Crippen LogP contribution in [-0.4, -0.2) is 29.9 Å². The lowest BCUT2D eigenvalue weighted by Crippen LogP contribution is -2.38. The Labute approximate surface area is 118 Å². The van der Waals surface area contributed by atoms with Gasteiger partial charge < -0.3 is 10.6 Å². The van der Waals surface area contributed by atoms with Crippen LogP contribution in [0.5, 0.6) is 0 Å². The number of nitrogens with zero attached hydrogens (tertiary/aromatic N) is 1. The Hall–Kier alpha value is -0.570. The summed E-state index contributed by atoms with van der Waals surface area (Å²) in [6.45, 7) is 10.7. The summed E-state index contributed by atoms with van der Waals surface area (Å²) in [6, 6.07) is 0.242. The fourth-order valence-electron chi connectivity index (χ4n) is 2.66. The first-order valence-corrected chi connectivity index (χ1v) is 7.94. The van der Waals surface area contributed by atoms with E-state index in [9.17, 15) is 4.79 Å². The third-order valence-corrected chi connectivity index (χ3v) is 4.09. The molecule has 3 heteroatoms. The number of hydrogen-bond acceptors (Lipinski definition) is 2. The molecule has 2 atom stereocenters. The molecule has 1 amide bonds. The van der Waals surface area contributed by atoms with Gasteiger partial charge in [0.15, 0.2) is 0 Å². The molecule has 0 saturated heterocycles. The van der Waals surface area contributed by atoms with Crippen LogP contribution in [0.3, 0.4) is 0 Å². The van der Waals surface area contributed by atoms with Crippen molar-refractivity contribution in [2.45, 2.75) is 65.8 Å². The molecular formula is C16H32N2O. The first-order chi connectivity index (χ1) is 8.90. The molecule has 2 unspecified atom stereocenters. The van der Waals surface area contributed by atoms with Crippen molar-refractivity contribution in [2.24, 2.45) is 23.5 Å². The fourth-order valence-corrected chi connectivity index (χ4v) is 2.66. The van der Waals surface area contributed by atoms with E-state index >= 15 is 0 Å². The standard InChI is InChI=1S/C16H32N2O/c1-12(2)7-9-18(10-8-13(3)4)16(19)14-5-6-15(17)11-14/h12-15H,5-11,17H2,1-4H3. The van der Waals surface area contributed by atoms with Crippen molar-refractivity contribution >= 4 is 5.91 Å². The zero-order valence-electron chi connectivity index (χ0n) is 13.2. The molecule has 0 aromatic rings. The van der Waals surface area contributed by atoms with Crippen LogP contribution in [0, 0.1) is 17.8 Å². The van der Waals surface area contributed by atoms with Gasteiger partial charge in [-0.25, -0.2) is 0 Å². The Kier molecular flexibility index (Phi) is 6.84. The quantitative estimate of drug-likeness (QED) is 0.771. The van der Waals surface area contributed by atoms with Gasteiger partial charge in [-0.15, -0.1) is 0 Å². The van der Waals surface area contributed by atoms with Gasteiger partial charge in [-0.2, -0.15) is 0 Å². The highest BCUT2D eigenvalue weighted by atomic mass is 16.2. The Morgan fingerprint density at radius 1 is 1.11 bits per heavy atom. The molecule has 19 heavy (non-hydrogen) atoms. The minimum atomic E-state index is 0.189. The molecule has 2 N–H and O–H groups in total. The lowest BCUT2D eigenvalue weighted by Gasteiger charge is -2.27. The van der Waals surface area contributed by atoms with Crippen molar-refractivity contribution in [1.29, 1.82) is 0 Å². The van der Waals surface area contributed by atoms with Gasteiger partial charge in [0.05, 0.1) is 0 Å². The van der Waals surface area contributed by atoms with Gasteiger partial charge in [0.1, 0.15) is 0 Å². The Bertz CT molecular complexity index is 264. The van der Waals surface area contributed by atoms with Gasteiger partial charge in [0, 0.05) is 25.0 Å². The Morgan fingerprint density at radius 2 is 1.63 bits per heavy atom. The van der Waals surface area contributed by atoms with Crippen LogP contribution in [0.1, 0.15) is 59.8 Å². The van der Waals surface area contributed by atoms with Gasteiger partial charge in [-0.1, -0.05) is 27.7 Å². The van der Waals surface area contributed by atoms with Crippen LogP contribution < -0.4 is 5.73 Å². The van der Waals surface area contributed by atoms with Crippen LogP contribution in [0.2, 0.25) is 0 Å². The molecular weight excluding hydrogens is 236 g/mol. The summed E-state index contributed by atoms with van der Waals surface area (Å²) in [4.78, 5) is 14.7. The van der Waals surface area contributed by atoms with E-state index in [1.54, 1.807) is 0 Å². The fraction of sp³-hybridized carbons (Fsp3) is 0.938. The van der Waals surface area contributed by atoms with E-state index in [4.69, 9.17) is 5.73 Å². The monoisotopic (exact) mass is 268 g/mol. The van der Waals surface area contributed by atoms with Crippen LogP contribution in [0.25, 0.3) is 0 Å². The summed E-state index contributed by atoms with van der Waals surface area (Å²) in [5, 5.41) is 0. The lowest BCUT2D eigenvalue weighted by atomic mass is 10.0. The highest BCUT2D eigenvalue weighted by Gasteiger charge is 2.30. The first-order valence-electron chi connectivity index (χ1n) is 7.94. The second-order valence-electron chi connectivity index (χ2n) is 6.96. The molecule has 0 radical (unpaired) electrons. The van der Waals surface area contributed by atoms with Crippen LogP contribution in [0.4, 0.5) is 0 Å². The Morgan fingerprint density at radius 3 is 2.00 bits per heavy atom. The van der Waals surface area contributed by atoms with Gasteiger partial charge in [-0.05, 0) is 43.9 Å². The Balaban J connectivity index is 2.52. The third-order valence-electron chi connectivity index (χ3n) is 4.09. The first kappa shape index (κ1) is 16.5. The summed E-state index contributed by atoms with van der Waals surface area (Å²) in [7, 11) is 0. The van der Waals surface area contributed by atoms with E-state index in [0.29, 0.717) is 17.7 Å². The summed E-state index contributed by atoms with van der Waals surface area (Å²) >= 11 is 0. The minimum Gasteiger partial charge on any atom is -0.342 e. The molecule has 0 aliphatic heterocycles. The summed E-state index contributed by atoms with van der Waals surface area (Å²) < 4.78 is 0. The second kappa shape index (κ2) is 7.88. The normalized spacial score (nSPS) is 23.3. The van der Waals surface area contributed by atoms with E-state index < -0.39 is 0 Å². The van der Waals surface area contributed by atoms with Crippen molar-refractivity contribution in [3.63, 3.8) is 0 Å². The van der Waals surface area contributed by atoms with Gasteiger partial charge in [-0.3, -0.25) is 4.79 Å². The number of nitrogens with two attached hydrogens (primary N) is 1. The second-order valence-corrected chi connectivity index (χ2v) is 6.96. The minimum absolute atomic E-state index is 0.189. The average Bonchev–Trinajstić information content (AvgIpc) is 2.74. The van der Waals surface area contributed by atoms with Gasteiger partial charge in [0.2, 0.25) is 5.91 Å². The molecule has 1 fully saturated rings. The number of carbonyl (C=O) groups excluding carboxylic acids is 1. The molecule has 0 spiro atoms. The predicted molar refractivity (Wildman–Crippen MR) is 80.8 cm³/mol. The van der Waals surface area contributed by atoms with Crippen molar-refractivity contribution in [1.82, 2.24) is 4.90 Å². The molecule has 1 saturated carbocycles. The van der Waals surface area contributed by atoms with Gasteiger partial charge >= 0.3 is 0 Å². The van der Waals surface area contributed by atoms with E-state index in [1.165, 1.54) is 0 Å². The maximum absolute atomic E-state index is 12.6. The highest BCUT2D eigenvalue weighted by molar-refractivity contribution is 5.79. The zero-order valence-corrected chi connectivity index (χ0v) is 13.2. The largest absolute Gasteiger partial charge is 0.342 e. The van der Waals surface area contributed by atoms with Crippen LogP contribution in [-0.2, 0) is 4.79 Å². The van der Waals surface area contributed by atoms with E-state index in [0.717, 1.165) is 45.2 Å². The SMILES string of the molecule is CC(C)CCN(CCC(C)C)C(=O)C1CCC(N)C1.